The van der Waals surface area contributed by atoms with Gasteiger partial charge in [0, 0.05) is 18.3 Å². The molecule has 0 bridgehead atoms. The number of hydrogen-bond donors (Lipinski definition) is 1. The first-order valence-corrected chi connectivity index (χ1v) is 8.98. The van der Waals surface area contributed by atoms with Crippen LogP contribution in [0.3, 0.4) is 0 Å². The molecule has 3 aromatic rings. The summed E-state index contributed by atoms with van der Waals surface area (Å²) >= 11 is 0. The van der Waals surface area contributed by atoms with Crippen LogP contribution in [-0.2, 0) is 0 Å². The maximum absolute atomic E-state index is 5.32. The van der Waals surface area contributed by atoms with E-state index >= 15 is 0 Å². The minimum absolute atomic E-state index is 0.848. The van der Waals surface area contributed by atoms with E-state index < -0.39 is 0 Å². The maximum Gasteiger partial charge on any atom is 0.118 e. The fraction of sp³-hybridized carbons (Fsp3) is 0.167. The van der Waals surface area contributed by atoms with E-state index in [1.54, 1.807) is 14.2 Å². The van der Waals surface area contributed by atoms with Crippen molar-refractivity contribution in [2.75, 3.05) is 26.6 Å². The fourth-order valence-corrected chi connectivity index (χ4v) is 3.28. The zero-order chi connectivity index (χ0) is 19.2. The van der Waals surface area contributed by atoms with Gasteiger partial charge in [-0.25, -0.2) is 0 Å². The molecule has 27 heavy (non-hydrogen) atoms. The van der Waals surface area contributed by atoms with Crippen molar-refractivity contribution in [3.8, 4) is 33.8 Å². The van der Waals surface area contributed by atoms with Gasteiger partial charge >= 0.3 is 0 Å². The largest absolute Gasteiger partial charge is 0.497 e. The minimum atomic E-state index is 0.848. The van der Waals surface area contributed by atoms with Gasteiger partial charge in [-0.2, -0.15) is 0 Å². The third-order valence-electron chi connectivity index (χ3n) is 4.61. The van der Waals surface area contributed by atoms with Crippen molar-refractivity contribution in [1.82, 2.24) is 0 Å². The molecule has 0 unspecified atom stereocenters. The van der Waals surface area contributed by atoms with Crippen LogP contribution in [0.15, 0.2) is 66.7 Å². The molecule has 3 rings (SSSR count). The Hall–Kier alpha value is -3.20. The van der Waals surface area contributed by atoms with E-state index in [2.05, 4.69) is 53.9 Å². The predicted octanol–water partition coefficient (Wildman–Crippen LogP) is 6.11. The highest BCUT2D eigenvalue weighted by Gasteiger charge is 2.15. The summed E-state index contributed by atoms with van der Waals surface area (Å²) in [7, 11) is 5.33. The molecule has 1 N–H and O–H groups in total. The third kappa shape index (κ3) is 3.82. The number of anilines is 1. The maximum atomic E-state index is 5.32. The van der Waals surface area contributed by atoms with Crippen molar-refractivity contribution in [1.29, 1.82) is 0 Å². The Balaban J connectivity index is 2.25. The van der Waals surface area contributed by atoms with Gasteiger partial charge in [0.1, 0.15) is 11.5 Å². The van der Waals surface area contributed by atoms with Crippen LogP contribution in [0.2, 0.25) is 0 Å². The highest BCUT2D eigenvalue weighted by Crippen LogP contribution is 2.41. The molecule has 0 saturated carbocycles. The van der Waals surface area contributed by atoms with E-state index in [0.29, 0.717) is 0 Å². The average Bonchev–Trinajstić information content (AvgIpc) is 2.73. The SMILES string of the molecule is C/C=C/c1ccc(-c2ccc(OC)cc2)c(-c2ccc(OC)cc2)c1NC. The van der Waals surface area contributed by atoms with Crippen molar-refractivity contribution in [2.24, 2.45) is 0 Å². The molecule has 0 aliphatic carbocycles. The number of hydrogen-bond acceptors (Lipinski definition) is 3. The molecule has 0 atom stereocenters. The lowest BCUT2D eigenvalue weighted by molar-refractivity contribution is 0.414. The van der Waals surface area contributed by atoms with Gasteiger partial charge in [0.2, 0.25) is 0 Å². The van der Waals surface area contributed by atoms with Crippen LogP contribution < -0.4 is 14.8 Å². The smallest absolute Gasteiger partial charge is 0.118 e. The highest BCUT2D eigenvalue weighted by molar-refractivity contribution is 5.95. The number of methoxy groups -OCH3 is 2. The molecule has 3 heteroatoms. The summed E-state index contributed by atoms with van der Waals surface area (Å²) in [6.07, 6.45) is 4.18. The minimum Gasteiger partial charge on any atom is -0.497 e. The summed E-state index contributed by atoms with van der Waals surface area (Å²) in [4.78, 5) is 0. The molecule has 0 heterocycles. The van der Waals surface area contributed by atoms with Gasteiger partial charge in [-0.1, -0.05) is 48.6 Å². The molecular formula is C24H25NO2. The van der Waals surface area contributed by atoms with Gasteiger partial charge in [0.25, 0.3) is 0 Å². The number of allylic oxidation sites excluding steroid dienone is 1. The Morgan fingerprint density at radius 2 is 1.30 bits per heavy atom. The summed E-state index contributed by atoms with van der Waals surface area (Å²) in [5.74, 6) is 1.70. The molecule has 0 amide bonds. The summed E-state index contributed by atoms with van der Waals surface area (Å²) < 4.78 is 10.6. The average molecular weight is 359 g/mol. The number of ether oxygens (including phenoxy) is 2. The van der Waals surface area contributed by atoms with Crippen LogP contribution >= 0.6 is 0 Å². The van der Waals surface area contributed by atoms with Crippen molar-refractivity contribution >= 4 is 11.8 Å². The van der Waals surface area contributed by atoms with E-state index in [0.717, 1.165) is 33.9 Å². The Kier molecular flexibility index (Phi) is 5.82. The van der Waals surface area contributed by atoms with Crippen LogP contribution in [0.25, 0.3) is 28.3 Å². The summed E-state index contributed by atoms with van der Waals surface area (Å²) in [5, 5.41) is 3.40. The van der Waals surface area contributed by atoms with Gasteiger partial charge in [-0.15, -0.1) is 0 Å². The van der Waals surface area contributed by atoms with Crippen molar-refractivity contribution in [3.63, 3.8) is 0 Å². The molecule has 0 aromatic heterocycles. The molecule has 0 aliphatic heterocycles. The lowest BCUT2D eigenvalue weighted by atomic mass is 9.90. The van der Waals surface area contributed by atoms with Gasteiger partial charge in [-0.3, -0.25) is 0 Å². The first-order chi connectivity index (χ1) is 13.2. The molecule has 0 saturated heterocycles. The predicted molar refractivity (Wildman–Crippen MR) is 115 cm³/mol. The molecule has 3 nitrogen and oxygen atoms in total. The number of rotatable bonds is 6. The van der Waals surface area contributed by atoms with Crippen LogP contribution in [0.5, 0.6) is 11.5 Å². The van der Waals surface area contributed by atoms with Crippen molar-refractivity contribution in [2.45, 2.75) is 6.92 Å². The van der Waals surface area contributed by atoms with Gasteiger partial charge < -0.3 is 14.8 Å². The van der Waals surface area contributed by atoms with E-state index in [1.165, 1.54) is 11.1 Å². The van der Waals surface area contributed by atoms with Crippen molar-refractivity contribution in [3.05, 3.63) is 72.3 Å². The molecule has 0 spiro atoms. The molecule has 0 fully saturated rings. The summed E-state index contributed by atoms with van der Waals surface area (Å²) in [5.41, 5.74) is 6.87. The Morgan fingerprint density at radius 3 is 1.78 bits per heavy atom. The summed E-state index contributed by atoms with van der Waals surface area (Å²) in [6, 6.07) is 20.7. The zero-order valence-corrected chi connectivity index (χ0v) is 16.2. The van der Waals surface area contributed by atoms with Crippen LogP contribution in [0.1, 0.15) is 12.5 Å². The van der Waals surface area contributed by atoms with E-state index in [9.17, 15) is 0 Å². The first-order valence-electron chi connectivity index (χ1n) is 8.98. The molecule has 0 aliphatic rings. The van der Waals surface area contributed by atoms with Crippen LogP contribution in [0.4, 0.5) is 5.69 Å². The molecular weight excluding hydrogens is 334 g/mol. The summed E-state index contributed by atoms with van der Waals surface area (Å²) in [6.45, 7) is 2.03. The number of benzene rings is 3. The van der Waals surface area contributed by atoms with E-state index in [4.69, 9.17) is 9.47 Å². The lowest BCUT2D eigenvalue weighted by Crippen LogP contribution is -1.98. The Labute approximate surface area is 161 Å². The molecule has 138 valence electrons. The quantitative estimate of drug-likeness (QED) is 0.576. The number of nitrogens with one attached hydrogen (secondary N) is 1. The van der Waals surface area contributed by atoms with Gasteiger partial charge in [0.15, 0.2) is 0 Å². The standard InChI is InChI=1S/C24H25NO2/c1-5-6-19-11-16-22(17-7-12-20(26-3)13-8-17)23(24(19)25-2)18-9-14-21(27-4)15-10-18/h5-16,25H,1-4H3/b6-5+. The molecule has 3 aromatic carbocycles. The lowest BCUT2D eigenvalue weighted by Gasteiger charge is -2.18. The second-order valence-corrected chi connectivity index (χ2v) is 6.16. The van der Waals surface area contributed by atoms with E-state index in [1.807, 2.05) is 38.2 Å². The second kappa shape index (κ2) is 8.45. The second-order valence-electron chi connectivity index (χ2n) is 6.16. The van der Waals surface area contributed by atoms with Gasteiger partial charge in [-0.05, 0) is 53.4 Å². The fourth-order valence-electron chi connectivity index (χ4n) is 3.28. The highest BCUT2D eigenvalue weighted by atomic mass is 16.5. The topological polar surface area (TPSA) is 30.5 Å². The molecule has 0 radical (unpaired) electrons. The van der Waals surface area contributed by atoms with Crippen LogP contribution in [0, 0.1) is 0 Å². The first kappa shape index (κ1) is 18.6. The van der Waals surface area contributed by atoms with E-state index in [-0.39, 0.29) is 0 Å². The Bertz CT molecular complexity index is 926. The van der Waals surface area contributed by atoms with Gasteiger partial charge in [0.05, 0.1) is 14.2 Å². The van der Waals surface area contributed by atoms with Crippen LogP contribution in [-0.4, -0.2) is 21.3 Å². The monoisotopic (exact) mass is 359 g/mol. The zero-order valence-electron chi connectivity index (χ0n) is 16.2. The Morgan fingerprint density at radius 1 is 0.741 bits per heavy atom. The third-order valence-corrected chi connectivity index (χ3v) is 4.61. The normalized spacial score (nSPS) is 10.8. The van der Waals surface area contributed by atoms with Crippen molar-refractivity contribution < 1.29 is 9.47 Å².